The molecule has 0 spiro atoms. The molecule has 20 rings (SSSR count). The maximum Gasteiger partial charge on any atom is 0.238 e. The number of benzene rings is 14. The summed E-state index contributed by atoms with van der Waals surface area (Å²) in [5.74, 6) is 3.48. The molecule has 0 radical (unpaired) electrons. The van der Waals surface area contributed by atoms with E-state index < -0.39 is 0 Å². The van der Waals surface area contributed by atoms with E-state index in [-0.39, 0.29) is 0 Å². The third-order valence-corrected chi connectivity index (χ3v) is 19.2. The number of fused-ring (bicyclic) bond motifs is 15. The van der Waals surface area contributed by atoms with Gasteiger partial charge in [-0.15, -0.1) is 0 Å². The summed E-state index contributed by atoms with van der Waals surface area (Å²) in [6.07, 6.45) is 0. The molecule has 14 aromatic carbocycles. The van der Waals surface area contributed by atoms with Gasteiger partial charge in [0.1, 0.15) is 0 Å². The molecule has 0 saturated heterocycles. The molecule has 446 valence electrons. The van der Waals surface area contributed by atoms with Gasteiger partial charge in [0.15, 0.2) is 29.1 Å². The fourth-order valence-electron chi connectivity index (χ4n) is 15.1. The molecule has 0 atom stereocenters. The van der Waals surface area contributed by atoms with E-state index in [0.29, 0.717) is 35.1 Å². The van der Waals surface area contributed by atoms with Crippen LogP contribution in [0.3, 0.4) is 0 Å². The molecule has 0 aliphatic heterocycles. The Hall–Kier alpha value is -13.2. The molecule has 0 bridgehead atoms. The maximum absolute atomic E-state index is 5.63. The largest absolute Gasteiger partial charge is 0.309 e. The molecule has 0 unspecified atom stereocenters. The van der Waals surface area contributed by atoms with Crippen molar-refractivity contribution in [1.82, 2.24) is 48.2 Å². The molecule has 20 aromatic rings. The Labute approximate surface area is 549 Å². The zero-order valence-electron chi connectivity index (χ0n) is 51.5. The van der Waals surface area contributed by atoms with E-state index in [1.165, 1.54) is 0 Å². The number of nitrogens with zero attached hydrogens (tertiary/aromatic N) is 10. The molecule has 6 heterocycles. The summed E-state index contributed by atoms with van der Waals surface area (Å²) in [4.78, 5) is 32.6. The Bertz CT molecular complexity index is 6280. The molecule has 0 aliphatic rings. The molecule has 0 N–H and O–H groups in total. The summed E-state index contributed by atoms with van der Waals surface area (Å²) in [6, 6.07) is 112. The van der Waals surface area contributed by atoms with E-state index in [1.54, 1.807) is 0 Å². The predicted molar refractivity (Wildman–Crippen MR) is 393 cm³/mol. The molecule has 10 nitrogen and oxygen atoms in total. The van der Waals surface area contributed by atoms with E-state index in [9.17, 15) is 0 Å². The molecular weight excluding hydrogens is 1170 g/mol. The summed E-state index contributed by atoms with van der Waals surface area (Å²) in [7, 11) is 0. The van der Waals surface area contributed by atoms with Crippen molar-refractivity contribution in [2.45, 2.75) is 0 Å². The number of aromatic nitrogens is 10. The zero-order valence-corrected chi connectivity index (χ0v) is 51.5. The second-order valence-electron chi connectivity index (χ2n) is 24.5. The Morgan fingerprint density at radius 3 is 0.948 bits per heavy atom. The van der Waals surface area contributed by atoms with Crippen molar-refractivity contribution >= 4 is 109 Å². The summed E-state index contributed by atoms with van der Waals surface area (Å²) in [5, 5.41) is 13.1. The van der Waals surface area contributed by atoms with Gasteiger partial charge in [-0.3, -0.25) is 4.57 Å². The first-order chi connectivity index (χ1) is 47.6. The minimum atomic E-state index is 0.514. The third-order valence-electron chi connectivity index (χ3n) is 19.2. The summed E-state index contributed by atoms with van der Waals surface area (Å²) in [6.45, 7) is 0. The lowest BCUT2D eigenvalue weighted by Crippen LogP contribution is -2.06. The molecule has 96 heavy (non-hydrogen) atoms. The first-order valence-electron chi connectivity index (χ1n) is 32.4. The SMILES string of the molecule is c1ccc(-c2nc(-c3ccccc3)nc(-c3c4ccccc4c(-n4c5ccccc5c5c6c7ccccc7n(-c7nc(-c8ccc9c(c8)c8ccccc8n9-c8ccccc8)nc(-c8ccc9c(c8)c8ccccc8n9-c8ccccc8)n7)c6ccc54)c4ccccc34)n2)cc1. The predicted octanol–water partition coefficient (Wildman–Crippen LogP) is 21.1. The van der Waals surface area contributed by atoms with Crippen LogP contribution in [0.15, 0.2) is 315 Å². The van der Waals surface area contributed by atoms with Gasteiger partial charge in [0, 0.05) is 93.1 Å². The van der Waals surface area contributed by atoms with E-state index in [1.807, 2.05) is 36.4 Å². The van der Waals surface area contributed by atoms with Crippen molar-refractivity contribution in [3.8, 4) is 79.9 Å². The summed E-state index contributed by atoms with van der Waals surface area (Å²) in [5.41, 5.74) is 16.3. The number of rotatable bonds is 9. The lowest BCUT2D eigenvalue weighted by molar-refractivity contribution is 0.954. The second-order valence-corrected chi connectivity index (χ2v) is 24.5. The van der Waals surface area contributed by atoms with Crippen LogP contribution in [0.1, 0.15) is 0 Å². The highest BCUT2D eigenvalue weighted by Crippen LogP contribution is 2.48. The van der Waals surface area contributed by atoms with Crippen LogP contribution < -0.4 is 0 Å². The van der Waals surface area contributed by atoms with E-state index >= 15 is 0 Å². The Kier molecular flexibility index (Phi) is 11.8. The molecular formula is C86H52N10. The van der Waals surface area contributed by atoms with E-state index in [0.717, 1.165) is 154 Å². The molecule has 0 saturated carbocycles. The lowest BCUT2D eigenvalue weighted by Gasteiger charge is -2.19. The average molecular weight is 1230 g/mol. The van der Waals surface area contributed by atoms with Gasteiger partial charge in [-0.25, -0.2) is 19.9 Å². The van der Waals surface area contributed by atoms with Crippen molar-refractivity contribution in [2.75, 3.05) is 0 Å². The number of para-hydroxylation sites is 6. The normalized spacial score (nSPS) is 12.0. The smallest absolute Gasteiger partial charge is 0.238 e. The van der Waals surface area contributed by atoms with Crippen molar-refractivity contribution < 1.29 is 0 Å². The minimum Gasteiger partial charge on any atom is -0.309 e. The Morgan fingerprint density at radius 1 is 0.188 bits per heavy atom. The molecule has 0 fully saturated rings. The molecule has 0 amide bonds. The highest BCUT2D eigenvalue weighted by Gasteiger charge is 2.27. The zero-order chi connectivity index (χ0) is 63.0. The van der Waals surface area contributed by atoms with Gasteiger partial charge in [-0.05, 0) is 108 Å². The monoisotopic (exact) mass is 1220 g/mol. The molecule has 0 aliphatic carbocycles. The van der Waals surface area contributed by atoms with Gasteiger partial charge in [0.25, 0.3) is 0 Å². The highest BCUT2D eigenvalue weighted by atomic mass is 15.2. The van der Waals surface area contributed by atoms with Crippen LogP contribution >= 0.6 is 0 Å². The highest BCUT2D eigenvalue weighted by molar-refractivity contribution is 6.30. The van der Waals surface area contributed by atoms with Crippen LogP contribution in [0.5, 0.6) is 0 Å². The van der Waals surface area contributed by atoms with Crippen molar-refractivity contribution in [3.05, 3.63) is 315 Å². The number of hydrogen-bond donors (Lipinski definition) is 0. The van der Waals surface area contributed by atoms with Crippen molar-refractivity contribution in [1.29, 1.82) is 0 Å². The Balaban J connectivity index is 0.832. The topological polar surface area (TPSA) is 97.1 Å². The fraction of sp³-hybridized carbons (Fsp3) is 0. The van der Waals surface area contributed by atoms with Gasteiger partial charge in [-0.2, -0.15) is 9.97 Å². The third kappa shape index (κ3) is 8.12. The number of hydrogen-bond acceptors (Lipinski definition) is 6. The van der Waals surface area contributed by atoms with Gasteiger partial charge >= 0.3 is 0 Å². The van der Waals surface area contributed by atoms with Crippen LogP contribution in [-0.2, 0) is 0 Å². The van der Waals surface area contributed by atoms with Gasteiger partial charge < -0.3 is 13.7 Å². The van der Waals surface area contributed by atoms with Crippen molar-refractivity contribution in [3.63, 3.8) is 0 Å². The molecule has 10 heteroatoms. The van der Waals surface area contributed by atoms with Crippen molar-refractivity contribution in [2.24, 2.45) is 0 Å². The lowest BCUT2D eigenvalue weighted by atomic mass is 9.93. The van der Waals surface area contributed by atoms with Crippen LogP contribution in [0.25, 0.3) is 189 Å². The first-order valence-corrected chi connectivity index (χ1v) is 32.4. The average Bonchev–Trinajstić information content (AvgIpc) is 1.51. The first kappa shape index (κ1) is 53.5. The van der Waals surface area contributed by atoms with Crippen LogP contribution in [-0.4, -0.2) is 48.2 Å². The standard InChI is InChI=1S/C86H52N10/c1-5-25-53(26-6-1)81-87-82(54-27-7-2-8-28-54)90-85(89-81)77-61-35-13-15-37-63(61)80(64-38-16-14-36-62(64)77)95-71-43-23-19-39-65(71)78-75(95)49-50-76-79(78)66-40-20-24-44-72(66)96(76)86-91-83(55-45-47-73-67(51-55)59-33-17-21-41-69(59)93(73)57-29-9-3-10-30-57)88-84(92-86)56-46-48-74-68(52-56)60-34-18-22-42-70(60)94(74)58-31-11-4-12-32-58/h1-52H. The van der Waals surface area contributed by atoms with E-state index in [2.05, 4.69) is 297 Å². The Morgan fingerprint density at radius 2 is 0.500 bits per heavy atom. The van der Waals surface area contributed by atoms with Gasteiger partial charge in [0.05, 0.1) is 49.8 Å². The van der Waals surface area contributed by atoms with Crippen LogP contribution in [0.4, 0.5) is 0 Å². The van der Waals surface area contributed by atoms with Gasteiger partial charge in [0.2, 0.25) is 5.95 Å². The van der Waals surface area contributed by atoms with Crippen LogP contribution in [0.2, 0.25) is 0 Å². The van der Waals surface area contributed by atoms with Gasteiger partial charge in [-0.1, -0.05) is 218 Å². The molecule has 6 aromatic heterocycles. The fourth-order valence-corrected chi connectivity index (χ4v) is 15.1. The second kappa shape index (κ2) is 21.2. The van der Waals surface area contributed by atoms with E-state index in [4.69, 9.17) is 29.9 Å². The minimum absolute atomic E-state index is 0.514. The summed E-state index contributed by atoms with van der Waals surface area (Å²) < 4.78 is 9.43. The maximum atomic E-state index is 5.63. The summed E-state index contributed by atoms with van der Waals surface area (Å²) >= 11 is 0. The van der Waals surface area contributed by atoms with Crippen LogP contribution in [0, 0.1) is 0 Å². The quantitative estimate of drug-likeness (QED) is 0.134.